The van der Waals surface area contributed by atoms with Gasteiger partial charge in [-0.05, 0) is 6.92 Å². The summed E-state index contributed by atoms with van der Waals surface area (Å²) in [7, 11) is 0. The van der Waals surface area contributed by atoms with E-state index in [9.17, 15) is 0 Å². The summed E-state index contributed by atoms with van der Waals surface area (Å²) in [6, 6.07) is 0. The number of nitrogens with zero attached hydrogens (tertiary/aromatic N) is 2. The molecule has 0 aliphatic heterocycles. The molecule has 0 saturated carbocycles. The van der Waals surface area contributed by atoms with Crippen molar-refractivity contribution in [2.24, 2.45) is 0 Å². The molecule has 0 aliphatic carbocycles. The molecule has 1 heterocycles. The minimum Gasteiger partial charge on any atom is -0.345 e. The van der Waals surface area contributed by atoms with E-state index < -0.39 is 0 Å². The van der Waals surface area contributed by atoms with Gasteiger partial charge in [0.25, 0.3) is 0 Å². The molecule has 4 heteroatoms. The SMILES string of the molecule is CC([S])c1conn1. The van der Waals surface area contributed by atoms with Crippen molar-refractivity contribution in [1.82, 2.24) is 10.4 Å². The molecule has 0 fully saturated rings. The standard InChI is InChI=1S/C4H5N2OS/c1-3(8)4-2-7-6-5-4/h2-3H,1H3. The molecule has 43 valence electrons. The van der Waals surface area contributed by atoms with Gasteiger partial charge in [-0.2, -0.15) is 0 Å². The van der Waals surface area contributed by atoms with Gasteiger partial charge in [-0.15, -0.1) is 5.10 Å². The number of hydrogen-bond donors (Lipinski definition) is 0. The predicted molar refractivity (Wildman–Crippen MR) is 30.3 cm³/mol. The minimum absolute atomic E-state index is 0.00116. The summed E-state index contributed by atoms with van der Waals surface area (Å²) in [5.74, 6) is 0. The van der Waals surface area contributed by atoms with E-state index in [1.54, 1.807) is 0 Å². The van der Waals surface area contributed by atoms with Gasteiger partial charge in [0.1, 0.15) is 12.0 Å². The molecule has 0 spiro atoms. The van der Waals surface area contributed by atoms with Gasteiger partial charge in [0.15, 0.2) is 0 Å². The lowest BCUT2D eigenvalue weighted by molar-refractivity contribution is 0.392. The van der Waals surface area contributed by atoms with Crippen molar-refractivity contribution < 1.29 is 4.52 Å². The molecule has 0 N–H and O–H groups in total. The van der Waals surface area contributed by atoms with Crippen LogP contribution in [0.25, 0.3) is 0 Å². The highest BCUT2D eigenvalue weighted by molar-refractivity contribution is 7.80. The van der Waals surface area contributed by atoms with E-state index in [-0.39, 0.29) is 5.25 Å². The summed E-state index contributed by atoms with van der Waals surface area (Å²) in [6.07, 6.45) is 1.46. The van der Waals surface area contributed by atoms with Crippen LogP contribution in [0.1, 0.15) is 17.9 Å². The molecule has 0 saturated heterocycles. The predicted octanol–water partition coefficient (Wildman–Crippen LogP) is 1.33. The Hall–Kier alpha value is -0.510. The third kappa shape index (κ3) is 1.01. The molecule has 0 aromatic carbocycles. The van der Waals surface area contributed by atoms with Crippen LogP contribution in [-0.4, -0.2) is 10.4 Å². The van der Waals surface area contributed by atoms with Crippen molar-refractivity contribution in [3.63, 3.8) is 0 Å². The number of hydrogen-bond acceptors (Lipinski definition) is 3. The van der Waals surface area contributed by atoms with Gasteiger partial charge >= 0.3 is 0 Å². The Morgan fingerprint density at radius 1 is 1.88 bits per heavy atom. The Kier molecular flexibility index (Phi) is 1.53. The molecule has 0 amide bonds. The van der Waals surface area contributed by atoms with Gasteiger partial charge in [-0.1, -0.05) is 12.6 Å². The smallest absolute Gasteiger partial charge is 0.148 e. The van der Waals surface area contributed by atoms with Crippen LogP contribution in [0, 0.1) is 0 Å². The van der Waals surface area contributed by atoms with Crippen LogP contribution in [-0.2, 0) is 0 Å². The first-order valence-electron chi connectivity index (χ1n) is 2.23. The Morgan fingerprint density at radius 2 is 2.62 bits per heavy atom. The topological polar surface area (TPSA) is 38.9 Å². The van der Waals surface area contributed by atoms with Crippen molar-refractivity contribution in [3.05, 3.63) is 12.0 Å². The second-order valence-corrected chi connectivity index (χ2v) is 2.18. The first-order valence-corrected chi connectivity index (χ1v) is 2.70. The highest BCUT2D eigenvalue weighted by Gasteiger charge is 2.02. The molecule has 1 rings (SSSR count). The maximum Gasteiger partial charge on any atom is 0.148 e. The van der Waals surface area contributed by atoms with Crippen molar-refractivity contribution in [2.75, 3.05) is 0 Å². The minimum atomic E-state index is 0.00116. The molecular formula is C4H5N2OS. The van der Waals surface area contributed by atoms with E-state index in [4.69, 9.17) is 12.6 Å². The fourth-order valence-corrected chi connectivity index (χ4v) is 0.452. The highest BCUT2D eigenvalue weighted by Crippen LogP contribution is 2.13. The van der Waals surface area contributed by atoms with Crippen molar-refractivity contribution in [3.8, 4) is 0 Å². The fourth-order valence-electron chi connectivity index (χ4n) is 0.349. The average Bonchev–Trinajstić information content (AvgIpc) is 2.12. The second-order valence-electron chi connectivity index (χ2n) is 1.47. The first-order chi connectivity index (χ1) is 3.80. The largest absolute Gasteiger partial charge is 0.345 e. The monoisotopic (exact) mass is 129 g/mol. The lowest BCUT2D eigenvalue weighted by atomic mass is 10.4. The Balaban J connectivity index is 2.77. The maximum absolute atomic E-state index is 4.84. The molecule has 1 aromatic heterocycles. The average molecular weight is 129 g/mol. The zero-order valence-electron chi connectivity index (χ0n) is 4.37. The Morgan fingerprint density at radius 3 is 2.88 bits per heavy atom. The molecule has 1 aromatic rings. The highest BCUT2D eigenvalue weighted by atomic mass is 32.1. The molecule has 0 bridgehead atoms. The van der Waals surface area contributed by atoms with E-state index >= 15 is 0 Å². The molecule has 3 nitrogen and oxygen atoms in total. The Bertz CT molecular complexity index is 149. The van der Waals surface area contributed by atoms with Crippen molar-refractivity contribution >= 4 is 12.6 Å². The van der Waals surface area contributed by atoms with E-state index in [1.165, 1.54) is 6.26 Å². The summed E-state index contributed by atoms with van der Waals surface area (Å²) in [5.41, 5.74) is 0.722. The lowest BCUT2D eigenvalue weighted by Crippen LogP contribution is -1.82. The summed E-state index contributed by atoms with van der Waals surface area (Å²) in [4.78, 5) is 0. The van der Waals surface area contributed by atoms with Crippen LogP contribution in [0.15, 0.2) is 10.8 Å². The molecule has 1 atom stereocenters. The van der Waals surface area contributed by atoms with Gasteiger partial charge in [-0.3, -0.25) is 0 Å². The number of rotatable bonds is 1. The van der Waals surface area contributed by atoms with E-state index in [2.05, 4.69) is 14.9 Å². The summed E-state index contributed by atoms with van der Waals surface area (Å²) in [5, 5.41) is 6.85. The summed E-state index contributed by atoms with van der Waals surface area (Å²) in [6.45, 7) is 1.86. The van der Waals surface area contributed by atoms with Gasteiger partial charge in [0.2, 0.25) is 0 Å². The van der Waals surface area contributed by atoms with Gasteiger partial charge in [0, 0.05) is 5.27 Å². The van der Waals surface area contributed by atoms with Crippen LogP contribution in [0.2, 0.25) is 0 Å². The maximum atomic E-state index is 4.84. The van der Waals surface area contributed by atoms with E-state index in [0.29, 0.717) is 0 Å². The van der Waals surface area contributed by atoms with Crippen LogP contribution in [0.4, 0.5) is 0 Å². The first kappa shape index (κ1) is 5.62. The molecule has 8 heavy (non-hydrogen) atoms. The normalized spacial score (nSPS) is 13.8. The van der Waals surface area contributed by atoms with Crippen LogP contribution in [0.3, 0.4) is 0 Å². The zero-order chi connectivity index (χ0) is 5.98. The van der Waals surface area contributed by atoms with Crippen LogP contribution >= 0.6 is 12.6 Å². The van der Waals surface area contributed by atoms with Crippen LogP contribution < -0.4 is 0 Å². The zero-order valence-corrected chi connectivity index (χ0v) is 5.18. The lowest BCUT2D eigenvalue weighted by Gasteiger charge is -1.88. The Labute approximate surface area is 52.5 Å². The van der Waals surface area contributed by atoms with Gasteiger partial charge < -0.3 is 4.52 Å². The molecule has 0 aliphatic rings. The fraction of sp³-hybridized carbons (Fsp3) is 0.500. The molecule has 1 radical (unpaired) electrons. The molecular weight excluding hydrogens is 124 g/mol. The van der Waals surface area contributed by atoms with Gasteiger partial charge in [-0.25, -0.2) is 0 Å². The van der Waals surface area contributed by atoms with Crippen molar-refractivity contribution in [1.29, 1.82) is 0 Å². The third-order valence-electron chi connectivity index (χ3n) is 0.793. The van der Waals surface area contributed by atoms with E-state index in [0.717, 1.165) is 5.69 Å². The third-order valence-corrected chi connectivity index (χ3v) is 1.03. The second kappa shape index (κ2) is 2.17. The van der Waals surface area contributed by atoms with Gasteiger partial charge in [0.05, 0.1) is 5.25 Å². The van der Waals surface area contributed by atoms with Crippen LogP contribution in [0.5, 0.6) is 0 Å². The number of aromatic nitrogens is 2. The summed E-state index contributed by atoms with van der Waals surface area (Å²) < 4.78 is 4.45. The summed E-state index contributed by atoms with van der Waals surface area (Å²) >= 11 is 4.84. The van der Waals surface area contributed by atoms with E-state index in [1.807, 2.05) is 6.92 Å². The quantitative estimate of drug-likeness (QED) is 0.574. The van der Waals surface area contributed by atoms with Crippen molar-refractivity contribution in [2.45, 2.75) is 12.2 Å². The molecule has 1 unspecified atom stereocenters.